The Bertz CT molecular complexity index is 750. The van der Waals surface area contributed by atoms with E-state index >= 15 is 0 Å². The lowest BCUT2D eigenvalue weighted by molar-refractivity contribution is -0.137. The summed E-state index contributed by atoms with van der Waals surface area (Å²) in [5.74, 6) is -0.790. The van der Waals surface area contributed by atoms with Crippen molar-refractivity contribution in [3.8, 4) is 0 Å². The molecule has 9 heteroatoms. The molecule has 2 aromatic rings. The largest absolute Gasteiger partial charge is 0.350 e. The van der Waals surface area contributed by atoms with Crippen LogP contribution in [0.1, 0.15) is 24.1 Å². The summed E-state index contributed by atoms with van der Waals surface area (Å²) in [5.41, 5.74) is 1.53. The van der Waals surface area contributed by atoms with Gasteiger partial charge < -0.3 is 15.5 Å². The highest BCUT2D eigenvalue weighted by Crippen LogP contribution is 2.14. The number of nitrogens with zero attached hydrogens (tertiary/aromatic N) is 3. The first-order valence-electron chi connectivity index (χ1n) is 8.40. The van der Waals surface area contributed by atoms with E-state index in [2.05, 4.69) is 15.7 Å². The van der Waals surface area contributed by atoms with Crippen LogP contribution >= 0.6 is 12.4 Å². The van der Waals surface area contributed by atoms with Crippen molar-refractivity contribution in [2.75, 3.05) is 20.1 Å². The fourth-order valence-electron chi connectivity index (χ4n) is 2.58. The van der Waals surface area contributed by atoms with Crippen molar-refractivity contribution in [3.63, 3.8) is 0 Å². The van der Waals surface area contributed by atoms with Gasteiger partial charge in [-0.3, -0.25) is 14.3 Å². The molecular weight excluding hydrogens is 373 g/mol. The van der Waals surface area contributed by atoms with Gasteiger partial charge in [0, 0.05) is 31.9 Å². The molecule has 1 aromatic carbocycles. The monoisotopic (exact) mass is 397 g/mol. The third kappa shape index (κ3) is 6.33. The van der Waals surface area contributed by atoms with Gasteiger partial charge in [-0.15, -0.1) is 12.4 Å². The highest BCUT2D eigenvalue weighted by atomic mass is 35.5. The van der Waals surface area contributed by atoms with E-state index in [4.69, 9.17) is 0 Å². The second kappa shape index (κ2) is 10.6. The Morgan fingerprint density at radius 1 is 1.30 bits per heavy atom. The fourth-order valence-corrected chi connectivity index (χ4v) is 2.58. The maximum Gasteiger partial charge on any atom is 0.244 e. The van der Waals surface area contributed by atoms with Crippen molar-refractivity contribution in [2.24, 2.45) is 7.05 Å². The van der Waals surface area contributed by atoms with Crippen molar-refractivity contribution in [1.82, 2.24) is 25.3 Å². The van der Waals surface area contributed by atoms with E-state index in [1.54, 1.807) is 43.3 Å². The summed E-state index contributed by atoms with van der Waals surface area (Å²) in [5, 5.41) is 9.80. The Morgan fingerprint density at radius 3 is 2.48 bits per heavy atom. The molecule has 27 heavy (non-hydrogen) atoms. The lowest BCUT2D eigenvalue weighted by Gasteiger charge is -2.25. The number of hydrogen-bond donors (Lipinski definition) is 2. The number of likely N-dealkylation sites (N-methyl/N-ethyl adjacent to an activating group) is 2. The van der Waals surface area contributed by atoms with Gasteiger partial charge in [0.15, 0.2) is 0 Å². The van der Waals surface area contributed by atoms with Gasteiger partial charge in [0.05, 0.1) is 12.7 Å². The molecule has 0 spiro atoms. The Labute approximate surface area is 164 Å². The third-order valence-corrected chi connectivity index (χ3v) is 4.02. The normalized spacial score (nSPS) is 11.4. The van der Waals surface area contributed by atoms with Crippen LogP contribution in [-0.4, -0.2) is 46.6 Å². The zero-order valence-corrected chi connectivity index (χ0v) is 16.4. The van der Waals surface area contributed by atoms with Crippen LogP contribution in [-0.2, 0) is 23.2 Å². The average molecular weight is 398 g/mol. The number of hydrogen-bond acceptors (Lipinski definition) is 4. The number of benzene rings is 1. The number of rotatable bonds is 8. The maximum absolute atomic E-state index is 12.9. The summed E-state index contributed by atoms with van der Waals surface area (Å²) in [6, 6.07) is 5.34. The summed E-state index contributed by atoms with van der Waals surface area (Å²) < 4.78 is 14.5. The Balaban J connectivity index is 0.00000364. The van der Waals surface area contributed by atoms with Crippen molar-refractivity contribution >= 4 is 24.2 Å². The SMILES string of the molecule is CCN(CC(=O)NCc1ccc(F)cc1)C(=O)C(NC)c1cnn(C)c1.Cl. The minimum Gasteiger partial charge on any atom is -0.350 e. The van der Waals surface area contributed by atoms with E-state index < -0.39 is 6.04 Å². The van der Waals surface area contributed by atoms with Crippen LogP contribution in [0.15, 0.2) is 36.7 Å². The molecule has 148 valence electrons. The van der Waals surface area contributed by atoms with Gasteiger partial charge in [0.25, 0.3) is 0 Å². The van der Waals surface area contributed by atoms with Gasteiger partial charge in [0.1, 0.15) is 11.9 Å². The first-order valence-corrected chi connectivity index (χ1v) is 8.40. The zero-order valence-electron chi connectivity index (χ0n) is 15.6. The highest BCUT2D eigenvalue weighted by molar-refractivity contribution is 5.88. The number of carbonyl (C=O) groups excluding carboxylic acids is 2. The van der Waals surface area contributed by atoms with E-state index in [1.807, 2.05) is 6.92 Å². The summed E-state index contributed by atoms with van der Waals surface area (Å²) in [7, 11) is 3.47. The van der Waals surface area contributed by atoms with Gasteiger partial charge in [-0.2, -0.15) is 5.10 Å². The van der Waals surface area contributed by atoms with Crippen LogP contribution in [0.5, 0.6) is 0 Å². The van der Waals surface area contributed by atoms with Gasteiger partial charge in [0.2, 0.25) is 11.8 Å². The number of halogens is 2. The van der Waals surface area contributed by atoms with Crippen molar-refractivity contribution < 1.29 is 14.0 Å². The van der Waals surface area contributed by atoms with Crippen LogP contribution in [0, 0.1) is 5.82 Å². The van der Waals surface area contributed by atoms with E-state index in [-0.39, 0.29) is 43.1 Å². The van der Waals surface area contributed by atoms with Crippen molar-refractivity contribution in [1.29, 1.82) is 0 Å². The summed E-state index contributed by atoms with van der Waals surface area (Å²) in [6.07, 6.45) is 3.39. The standard InChI is InChI=1S/C18H24FN5O2.ClH/c1-4-24(18(26)17(20-2)14-10-22-23(3)11-14)12-16(25)21-9-13-5-7-15(19)8-6-13;/h5-8,10-11,17,20H,4,9,12H2,1-3H3,(H,21,25);1H. The molecule has 2 rings (SSSR count). The number of carbonyl (C=O) groups is 2. The topological polar surface area (TPSA) is 79.3 Å². The number of aromatic nitrogens is 2. The lowest BCUT2D eigenvalue weighted by Crippen LogP contribution is -2.44. The zero-order chi connectivity index (χ0) is 19.1. The lowest BCUT2D eigenvalue weighted by atomic mass is 10.1. The number of nitrogens with one attached hydrogen (secondary N) is 2. The fraction of sp³-hybridized carbons (Fsp3) is 0.389. The quantitative estimate of drug-likeness (QED) is 0.705. The molecule has 1 heterocycles. The first kappa shape index (κ1) is 22.6. The van der Waals surface area contributed by atoms with Crippen molar-refractivity contribution in [3.05, 3.63) is 53.6 Å². The number of aryl methyl sites for hydroxylation is 1. The van der Waals surface area contributed by atoms with Crippen molar-refractivity contribution in [2.45, 2.75) is 19.5 Å². The summed E-state index contributed by atoms with van der Waals surface area (Å²) >= 11 is 0. The van der Waals surface area contributed by atoms with E-state index in [1.165, 1.54) is 17.0 Å². The molecule has 0 aliphatic rings. The molecular formula is C18H25ClFN5O2. The van der Waals surface area contributed by atoms with Gasteiger partial charge >= 0.3 is 0 Å². The van der Waals surface area contributed by atoms with E-state index in [0.717, 1.165) is 11.1 Å². The molecule has 0 aliphatic heterocycles. The molecule has 0 fully saturated rings. The smallest absolute Gasteiger partial charge is 0.244 e. The Morgan fingerprint density at radius 2 is 1.96 bits per heavy atom. The van der Waals surface area contributed by atoms with E-state index in [0.29, 0.717) is 6.54 Å². The van der Waals surface area contributed by atoms with E-state index in [9.17, 15) is 14.0 Å². The van der Waals surface area contributed by atoms with Crippen LogP contribution in [0.4, 0.5) is 4.39 Å². The molecule has 0 aliphatic carbocycles. The average Bonchev–Trinajstić information content (AvgIpc) is 3.05. The molecule has 0 saturated heterocycles. The van der Waals surface area contributed by atoms with Crippen LogP contribution in [0.3, 0.4) is 0 Å². The second-order valence-electron chi connectivity index (χ2n) is 5.92. The molecule has 0 bridgehead atoms. The van der Waals surface area contributed by atoms with Crippen LogP contribution < -0.4 is 10.6 Å². The molecule has 0 saturated carbocycles. The first-order chi connectivity index (χ1) is 12.4. The third-order valence-electron chi connectivity index (χ3n) is 4.02. The van der Waals surface area contributed by atoms with Gasteiger partial charge in [-0.1, -0.05) is 12.1 Å². The second-order valence-corrected chi connectivity index (χ2v) is 5.92. The predicted molar refractivity (Wildman–Crippen MR) is 103 cm³/mol. The maximum atomic E-state index is 12.9. The molecule has 2 N–H and O–H groups in total. The molecule has 1 aromatic heterocycles. The predicted octanol–water partition coefficient (Wildman–Crippen LogP) is 1.41. The summed E-state index contributed by atoms with van der Waals surface area (Å²) in [4.78, 5) is 26.4. The molecule has 7 nitrogen and oxygen atoms in total. The Kier molecular flexibility index (Phi) is 8.90. The summed E-state index contributed by atoms with van der Waals surface area (Å²) in [6.45, 7) is 2.46. The number of amides is 2. The minimum atomic E-state index is -0.562. The highest BCUT2D eigenvalue weighted by Gasteiger charge is 2.26. The Hall–Kier alpha value is -2.45. The van der Waals surface area contributed by atoms with Crippen LogP contribution in [0.2, 0.25) is 0 Å². The molecule has 1 unspecified atom stereocenters. The molecule has 0 radical (unpaired) electrons. The molecule has 1 atom stereocenters. The van der Waals surface area contributed by atoms with Gasteiger partial charge in [-0.05, 0) is 31.7 Å². The minimum absolute atomic E-state index is 0. The van der Waals surface area contributed by atoms with Crippen LogP contribution in [0.25, 0.3) is 0 Å². The molecule has 2 amide bonds. The van der Waals surface area contributed by atoms with Gasteiger partial charge in [-0.25, -0.2) is 4.39 Å².